The lowest BCUT2D eigenvalue weighted by molar-refractivity contribution is -0.120. The van der Waals surface area contributed by atoms with E-state index in [1.54, 1.807) is 0 Å². The van der Waals surface area contributed by atoms with Gasteiger partial charge in [-0.3, -0.25) is 4.79 Å². The molecule has 1 atom stereocenters. The Hall–Kier alpha value is -2.08. The molecule has 0 saturated heterocycles. The molecule has 23 heavy (non-hydrogen) atoms. The van der Waals surface area contributed by atoms with Gasteiger partial charge in [-0.05, 0) is 25.0 Å². The normalized spacial score (nSPS) is 12.9. The summed E-state index contributed by atoms with van der Waals surface area (Å²) in [6, 6.07) is 7.76. The highest BCUT2D eigenvalue weighted by molar-refractivity contribution is 8.00. The van der Waals surface area contributed by atoms with Crippen LogP contribution in [0.4, 0.5) is 0 Å². The van der Waals surface area contributed by atoms with E-state index in [0.717, 1.165) is 16.5 Å². The monoisotopic (exact) mass is 329 g/mol. The van der Waals surface area contributed by atoms with E-state index in [4.69, 9.17) is 4.42 Å². The van der Waals surface area contributed by atoms with E-state index in [2.05, 4.69) is 29.1 Å². The number of carbonyl (C=O) groups excluding carboxylic acids is 1. The molecule has 0 aliphatic carbocycles. The van der Waals surface area contributed by atoms with Gasteiger partial charge >= 0.3 is 0 Å². The van der Waals surface area contributed by atoms with Crippen molar-refractivity contribution in [2.24, 2.45) is 5.92 Å². The van der Waals surface area contributed by atoms with Gasteiger partial charge in [-0.2, -0.15) is 0 Å². The summed E-state index contributed by atoms with van der Waals surface area (Å²) in [5.41, 5.74) is 2.21. The number of amides is 1. The van der Waals surface area contributed by atoms with Gasteiger partial charge in [-0.15, -0.1) is 0 Å². The second-order valence-corrected chi connectivity index (χ2v) is 7.18. The molecule has 0 spiro atoms. The highest BCUT2D eigenvalue weighted by Gasteiger charge is 2.19. The Morgan fingerprint density at radius 1 is 1.26 bits per heavy atom. The lowest BCUT2D eigenvalue weighted by Gasteiger charge is -2.12. The fourth-order valence-corrected chi connectivity index (χ4v) is 3.13. The second kappa shape index (κ2) is 6.58. The third-order valence-corrected chi connectivity index (χ3v) is 4.55. The fourth-order valence-electron chi connectivity index (χ4n) is 2.26. The number of para-hydroxylation sites is 1. The molecule has 3 rings (SSSR count). The van der Waals surface area contributed by atoms with Crippen LogP contribution in [0.15, 0.2) is 40.0 Å². The largest absolute Gasteiger partial charge is 0.451 e. The van der Waals surface area contributed by atoms with Gasteiger partial charge in [0.2, 0.25) is 5.91 Å². The maximum atomic E-state index is 12.2. The minimum atomic E-state index is -0.250. The molecular weight excluding hydrogens is 310 g/mol. The number of hydrogen-bond acceptors (Lipinski definition) is 5. The van der Waals surface area contributed by atoms with Crippen molar-refractivity contribution in [1.29, 1.82) is 0 Å². The molecule has 5 nitrogen and oxygen atoms in total. The van der Waals surface area contributed by atoms with Gasteiger partial charge in [0.15, 0.2) is 5.58 Å². The summed E-state index contributed by atoms with van der Waals surface area (Å²) in [4.78, 5) is 20.8. The number of furan rings is 1. The van der Waals surface area contributed by atoms with Crippen LogP contribution in [-0.2, 0) is 4.79 Å². The van der Waals surface area contributed by atoms with E-state index >= 15 is 0 Å². The highest BCUT2D eigenvalue weighted by Crippen LogP contribution is 2.33. The van der Waals surface area contributed by atoms with E-state index in [-0.39, 0.29) is 11.2 Å². The summed E-state index contributed by atoms with van der Waals surface area (Å²) >= 11 is 1.39. The van der Waals surface area contributed by atoms with Crippen molar-refractivity contribution >= 4 is 39.7 Å². The fraction of sp³-hybridized carbons (Fsp3) is 0.353. The Morgan fingerprint density at radius 3 is 2.83 bits per heavy atom. The molecule has 0 aliphatic heterocycles. The third kappa shape index (κ3) is 3.32. The SMILES string of the molecule is CC(C)CNC(=O)[C@H](C)Sc1ncnc2c1oc1ccccc12. The number of fused-ring (bicyclic) bond motifs is 3. The summed E-state index contributed by atoms with van der Waals surface area (Å²) in [5.74, 6) is 0.434. The maximum absolute atomic E-state index is 12.2. The average Bonchev–Trinajstić information content (AvgIpc) is 2.92. The Labute approximate surface area is 138 Å². The average molecular weight is 329 g/mol. The van der Waals surface area contributed by atoms with Gasteiger partial charge in [0.05, 0.1) is 5.25 Å². The molecule has 1 amide bonds. The zero-order valence-electron chi connectivity index (χ0n) is 13.4. The molecule has 0 bridgehead atoms. The third-order valence-electron chi connectivity index (χ3n) is 3.47. The molecule has 6 heteroatoms. The number of rotatable bonds is 5. The number of thioether (sulfide) groups is 1. The summed E-state index contributed by atoms with van der Waals surface area (Å²) in [6.07, 6.45) is 1.52. The van der Waals surface area contributed by atoms with Crippen LogP contribution >= 0.6 is 11.8 Å². The minimum absolute atomic E-state index is 0.00609. The highest BCUT2D eigenvalue weighted by atomic mass is 32.2. The zero-order valence-corrected chi connectivity index (χ0v) is 14.2. The zero-order chi connectivity index (χ0) is 16.4. The smallest absolute Gasteiger partial charge is 0.233 e. The van der Waals surface area contributed by atoms with Gasteiger partial charge in [0, 0.05) is 11.9 Å². The van der Waals surface area contributed by atoms with E-state index in [9.17, 15) is 4.79 Å². The first-order valence-corrected chi connectivity index (χ1v) is 8.51. The van der Waals surface area contributed by atoms with E-state index in [0.29, 0.717) is 23.1 Å². The Balaban J connectivity index is 1.87. The predicted octanol–water partition coefficient (Wildman–Crippen LogP) is 3.63. The number of aromatic nitrogens is 2. The van der Waals surface area contributed by atoms with E-state index in [1.807, 2.05) is 31.2 Å². The Kier molecular flexibility index (Phi) is 4.52. The number of benzene rings is 1. The standard InChI is InChI=1S/C17H19N3O2S/c1-10(2)8-18-16(21)11(3)23-17-15-14(19-9-20-17)12-6-4-5-7-13(12)22-15/h4-7,9-11H,8H2,1-3H3,(H,18,21)/t11-/m0/s1. The second-order valence-electron chi connectivity index (χ2n) is 5.85. The Bertz CT molecular complexity index is 844. The number of nitrogens with zero attached hydrogens (tertiary/aromatic N) is 2. The van der Waals surface area contributed by atoms with Crippen LogP contribution in [0.1, 0.15) is 20.8 Å². The molecule has 0 unspecified atom stereocenters. The number of nitrogens with one attached hydrogen (secondary N) is 1. The first kappa shape index (κ1) is 15.8. The number of carbonyl (C=O) groups is 1. The number of hydrogen-bond donors (Lipinski definition) is 1. The molecular formula is C17H19N3O2S. The molecule has 3 aromatic rings. The van der Waals surface area contributed by atoms with Crippen LogP contribution in [0.2, 0.25) is 0 Å². The van der Waals surface area contributed by atoms with Gasteiger partial charge in [0.25, 0.3) is 0 Å². The van der Waals surface area contributed by atoms with Crippen molar-refractivity contribution < 1.29 is 9.21 Å². The predicted molar refractivity (Wildman–Crippen MR) is 92.5 cm³/mol. The van der Waals surface area contributed by atoms with E-state index < -0.39 is 0 Å². The molecule has 120 valence electrons. The van der Waals surface area contributed by atoms with Crippen molar-refractivity contribution in [1.82, 2.24) is 15.3 Å². The summed E-state index contributed by atoms with van der Waals surface area (Å²) in [7, 11) is 0. The lowest BCUT2D eigenvalue weighted by atomic mass is 10.2. The van der Waals surface area contributed by atoms with Crippen molar-refractivity contribution in [3.05, 3.63) is 30.6 Å². The van der Waals surface area contributed by atoms with Crippen LogP contribution < -0.4 is 5.32 Å². The Morgan fingerprint density at radius 2 is 2.04 bits per heavy atom. The molecule has 0 radical (unpaired) electrons. The van der Waals surface area contributed by atoms with Crippen molar-refractivity contribution in [3.8, 4) is 0 Å². The van der Waals surface area contributed by atoms with Crippen LogP contribution in [0, 0.1) is 5.92 Å². The van der Waals surface area contributed by atoms with E-state index in [1.165, 1.54) is 18.1 Å². The molecule has 0 fully saturated rings. The van der Waals surface area contributed by atoms with Crippen molar-refractivity contribution in [2.45, 2.75) is 31.0 Å². The van der Waals surface area contributed by atoms with Crippen LogP contribution in [0.25, 0.3) is 22.1 Å². The lowest BCUT2D eigenvalue weighted by Crippen LogP contribution is -2.33. The topological polar surface area (TPSA) is 68.0 Å². The van der Waals surface area contributed by atoms with Gasteiger partial charge in [0.1, 0.15) is 22.5 Å². The summed E-state index contributed by atoms with van der Waals surface area (Å²) in [6.45, 7) is 6.69. The van der Waals surface area contributed by atoms with Gasteiger partial charge in [-0.25, -0.2) is 9.97 Å². The quantitative estimate of drug-likeness (QED) is 0.572. The molecule has 0 aliphatic rings. The van der Waals surface area contributed by atoms with Crippen LogP contribution in [0.3, 0.4) is 0 Å². The van der Waals surface area contributed by atoms with Crippen LogP contribution in [-0.4, -0.2) is 27.7 Å². The molecule has 1 aromatic carbocycles. The molecule has 1 N–H and O–H groups in total. The summed E-state index contributed by atoms with van der Waals surface area (Å²) in [5, 5.41) is 4.35. The van der Waals surface area contributed by atoms with Crippen LogP contribution in [0.5, 0.6) is 0 Å². The van der Waals surface area contributed by atoms with Crippen molar-refractivity contribution in [2.75, 3.05) is 6.54 Å². The molecule has 0 saturated carbocycles. The first-order valence-electron chi connectivity index (χ1n) is 7.63. The molecule has 2 heterocycles. The molecule has 2 aromatic heterocycles. The minimum Gasteiger partial charge on any atom is -0.451 e. The van der Waals surface area contributed by atoms with Crippen molar-refractivity contribution in [3.63, 3.8) is 0 Å². The van der Waals surface area contributed by atoms with Gasteiger partial charge < -0.3 is 9.73 Å². The summed E-state index contributed by atoms with van der Waals surface area (Å²) < 4.78 is 5.88. The first-order chi connectivity index (χ1) is 11.1. The maximum Gasteiger partial charge on any atom is 0.233 e. The van der Waals surface area contributed by atoms with Gasteiger partial charge in [-0.1, -0.05) is 37.7 Å².